The lowest BCUT2D eigenvalue weighted by Gasteiger charge is -2.01. The monoisotopic (exact) mass is 381 g/mol. The van der Waals surface area contributed by atoms with E-state index in [-0.39, 0.29) is 11.6 Å². The zero-order chi connectivity index (χ0) is 17.9. The summed E-state index contributed by atoms with van der Waals surface area (Å²) in [7, 11) is 0. The minimum atomic E-state index is -0.346. The van der Waals surface area contributed by atoms with Crippen molar-refractivity contribution in [1.29, 1.82) is 0 Å². The Morgan fingerprint density at radius 1 is 1.04 bits per heavy atom. The smallest absolute Gasteiger partial charge is 0.277 e. The lowest BCUT2D eigenvalue weighted by molar-refractivity contribution is 0.102. The van der Waals surface area contributed by atoms with E-state index in [9.17, 15) is 4.79 Å². The summed E-state index contributed by atoms with van der Waals surface area (Å²) in [5.41, 5.74) is 2.01. The Bertz CT molecular complexity index is 1060. The number of rotatable bonds is 4. The Balaban J connectivity index is 1.50. The Labute approximate surface area is 158 Å². The van der Waals surface area contributed by atoms with Crippen LogP contribution in [0, 0.1) is 0 Å². The molecule has 0 bridgehead atoms. The lowest BCUT2D eigenvalue weighted by Crippen LogP contribution is -2.13. The average molecular weight is 382 g/mol. The van der Waals surface area contributed by atoms with Gasteiger partial charge in [-0.15, -0.1) is 10.2 Å². The third-order valence-electron chi connectivity index (χ3n) is 3.56. The number of hydrogen-bond donors (Lipinski definition) is 1. The molecule has 0 aliphatic rings. The van der Waals surface area contributed by atoms with Crippen LogP contribution in [0.15, 0.2) is 66.9 Å². The number of aromatic nitrogens is 4. The minimum absolute atomic E-state index is 0.279. The van der Waals surface area contributed by atoms with Crippen molar-refractivity contribution < 1.29 is 4.79 Å². The summed E-state index contributed by atoms with van der Waals surface area (Å²) in [6.07, 6.45) is 1.70. The van der Waals surface area contributed by atoms with Gasteiger partial charge in [-0.25, -0.2) is 4.68 Å². The van der Waals surface area contributed by atoms with Crippen LogP contribution in [0.25, 0.3) is 16.3 Å². The van der Waals surface area contributed by atoms with Crippen LogP contribution in [-0.4, -0.2) is 25.9 Å². The zero-order valence-electron chi connectivity index (χ0n) is 13.3. The van der Waals surface area contributed by atoms with Crippen molar-refractivity contribution >= 4 is 34.0 Å². The molecule has 0 unspecified atom stereocenters. The number of nitrogens with zero attached hydrogens (tertiary/aromatic N) is 4. The van der Waals surface area contributed by atoms with Gasteiger partial charge >= 0.3 is 0 Å². The van der Waals surface area contributed by atoms with Gasteiger partial charge in [-0.05, 0) is 24.3 Å². The number of halogens is 1. The molecule has 8 heteroatoms. The summed E-state index contributed by atoms with van der Waals surface area (Å²) >= 11 is 7.30. The highest BCUT2D eigenvalue weighted by atomic mass is 35.5. The van der Waals surface area contributed by atoms with Gasteiger partial charge in [0, 0.05) is 16.8 Å². The van der Waals surface area contributed by atoms with Crippen molar-refractivity contribution in [2.75, 3.05) is 5.32 Å². The molecule has 2 aromatic carbocycles. The maximum absolute atomic E-state index is 12.4. The molecule has 0 aliphatic heterocycles. The number of carbonyl (C=O) groups is 1. The molecule has 0 aliphatic carbocycles. The van der Waals surface area contributed by atoms with Gasteiger partial charge in [-0.2, -0.15) is 5.10 Å². The normalized spacial score (nSPS) is 10.7. The Morgan fingerprint density at radius 3 is 2.69 bits per heavy atom. The molecule has 1 N–H and O–H groups in total. The van der Waals surface area contributed by atoms with E-state index in [2.05, 4.69) is 20.6 Å². The zero-order valence-corrected chi connectivity index (χ0v) is 14.9. The maximum atomic E-state index is 12.4. The van der Waals surface area contributed by atoms with Crippen molar-refractivity contribution in [2.45, 2.75) is 0 Å². The fourth-order valence-electron chi connectivity index (χ4n) is 2.34. The molecule has 26 heavy (non-hydrogen) atoms. The number of carbonyl (C=O) groups excluding carboxylic acids is 1. The minimum Gasteiger partial charge on any atom is -0.295 e. The summed E-state index contributed by atoms with van der Waals surface area (Å²) in [5.74, 6) is -0.346. The van der Waals surface area contributed by atoms with Gasteiger partial charge in [0.2, 0.25) is 5.13 Å². The SMILES string of the molecule is O=C(Nc1nnc(-c2ccccc2)s1)c1ccn(-c2cccc(Cl)c2)n1. The predicted molar refractivity (Wildman–Crippen MR) is 102 cm³/mol. The van der Waals surface area contributed by atoms with Gasteiger partial charge in [-0.3, -0.25) is 10.1 Å². The molecule has 0 saturated heterocycles. The van der Waals surface area contributed by atoms with E-state index < -0.39 is 0 Å². The van der Waals surface area contributed by atoms with Crippen molar-refractivity contribution in [1.82, 2.24) is 20.0 Å². The van der Waals surface area contributed by atoms with E-state index in [1.807, 2.05) is 42.5 Å². The third kappa shape index (κ3) is 3.49. The highest BCUT2D eigenvalue weighted by Crippen LogP contribution is 2.26. The Kier molecular flexibility index (Phi) is 4.47. The Morgan fingerprint density at radius 2 is 1.88 bits per heavy atom. The molecule has 0 spiro atoms. The Hall–Kier alpha value is -3.03. The number of anilines is 1. The summed E-state index contributed by atoms with van der Waals surface area (Å²) in [4.78, 5) is 12.4. The van der Waals surface area contributed by atoms with Gasteiger partial charge < -0.3 is 0 Å². The molecule has 0 fully saturated rings. The molecule has 4 rings (SSSR count). The number of amides is 1. The lowest BCUT2D eigenvalue weighted by atomic mass is 10.2. The van der Waals surface area contributed by atoms with Crippen molar-refractivity contribution in [2.24, 2.45) is 0 Å². The van der Waals surface area contributed by atoms with Gasteiger partial charge in [0.25, 0.3) is 5.91 Å². The molecule has 4 aromatic rings. The second-order valence-electron chi connectivity index (χ2n) is 5.36. The average Bonchev–Trinajstić information content (AvgIpc) is 3.32. The summed E-state index contributed by atoms with van der Waals surface area (Å²) in [6.45, 7) is 0. The fraction of sp³-hybridized carbons (Fsp3) is 0. The van der Waals surface area contributed by atoms with Crippen LogP contribution in [0.1, 0.15) is 10.5 Å². The summed E-state index contributed by atoms with van der Waals surface area (Å²) < 4.78 is 1.59. The van der Waals surface area contributed by atoms with E-state index in [0.29, 0.717) is 10.2 Å². The van der Waals surface area contributed by atoms with Crippen LogP contribution in [0.4, 0.5) is 5.13 Å². The second-order valence-corrected chi connectivity index (χ2v) is 6.77. The van der Waals surface area contributed by atoms with Crippen molar-refractivity contribution in [3.8, 4) is 16.3 Å². The van der Waals surface area contributed by atoms with E-state index >= 15 is 0 Å². The standard InChI is InChI=1S/C18H12ClN5OS/c19-13-7-4-8-14(11-13)24-10-9-15(23-24)16(25)20-18-22-21-17(26-18)12-5-2-1-3-6-12/h1-11H,(H,20,22,25). The van der Waals surface area contributed by atoms with Gasteiger partial charge in [0.1, 0.15) is 5.01 Å². The van der Waals surface area contributed by atoms with Gasteiger partial charge in [0.15, 0.2) is 5.69 Å². The molecular formula is C18H12ClN5OS. The molecule has 128 valence electrons. The summed E-state index contributed by atoms with van der Waals surface area (Å²) in [6, 6.07) is 18.5. The number of hydrogen-bond acceptors (Lipinski definition) is 5. The highest BCUT2D eigenvalue weighted by Gasteiger charge is 2.14. The molecule has 2 heterocycles. The molecule has 2 aromatic heterocycles. The molecule has 0 radical (unpaired) electrons. The molecule has 1 amide bonds. The van der Waals surface area contributed by atoms with Gasteiger partial charge in [0.05, 0.1) is 5.69 Å². The fourth-order valence-corrected chi connectivity index (χ4v) is 3.27. The van der Waals surface area contributed by atoms with Crippen molar-refractivity contribution in [3.05, 3.63) is 77.6 Å². The first kappa shape index (κ1) is 16.4. The first-order valence-electron chi connectivity index (χ1n) is 7.71. The third-order valence-corrected chi connectivity index (χ3v) is 4.68. The van der Waals surface area contributed by atoms with Crippen molar-refractivity contribution in [3.63, 3.8) is 0 Å². The summed E-state index contributed by atoms with van der Waals surface area (Å²) in [5, 5.41) is 16.9. The van der Waals surface area contributed by atoms with Crippen LogP contribution in [0.2, 0.25) is 5.02 Å². The highest BCUT2D eigenvalue weighted by molar-refractivity contribution is 7.18. The van der Waals surface area contributed by atoms with Crippen LogP contribution in [0.3, 0.4) is 0 Å². The first-order valence-corrected chi connectivity index (χ1v) is 8.90. The van der Waals surface area contributed by atoms with Crippen LogP contribution in [-0.2, 0) is 0 Å². The van der Waals surface area contributed by atoms with Gasteiger partial charge in [-0.1, -0.05) is 59.3 Å². The quantitative estimate of drug-likeness (QED) is 0.572. The van der Waals surface area contributed by atoms with E-state index in [1.165, 1.54) is 11.3 Å². The first-order chi connectivity index (χ1) is 12.7. The molecule has 0 saturated carbocycles. The molecular weight excluding hydrogens is 370 g/mol. The molecule has 0 atom stereocenters. The second kappa shape index (κ2) is 7.07. The van der Waals surface area contributed by atoms with Crippen LogP contribution >= 0.6 is 22.9 Å². The molecule has 6 nitrogen and oxygen atoms in total. The largest absolute Gasteiger partial charge is 0.295 e. The predicted octanol–water partition coefficient (Wildman–Crippen LogP) is 4.30. The van der Waals surface area contributed by atoms with E-state index in [0.717, 1.165) is 16.3 Å². The van der Waals surface area contributed by atoms with Crippen LogP contribution in [0.5, 0.6) is 0 Å². The number of benzene rings is 2. The van der Waals surface area contributed by atoms with Crippen LogP contribution < -0.4 is 5.32 Å². The van der Waals surface area contributed by atoms with E-state index in [4.69, 9.17) is 11.6 Å². The number of nitrogens with one attached hydrogen (secondary N) is 1. The topological polar surface area (TPSA) is 72.7 Å². The van der Waals surface area contributed by atoms with E-state index in [1.54, 1.807) is 29.1 Å². The maximum Gasteiger partial charge on any atom is 0.277 e.